The minimum absolute atomic E-state index is 0.145. The van der Waals surface area contributed by atoms with Crippen LogP contribution >= 0.6 is 11.6 Å². The van der Waals surface area contributed by atoms with Gasteiger partial charge in [0.15, 0.2) is 9.84 Å². The van der Waals surface area contributed by atoms with Crippen molar-refractivity contribution in [1.29, 1.82) is 0 Å². The number of carbonyl (C=O) groups excluding carboxylic acids is 1. The number of nitrogens with one attached hydrogen (secondary N) is 1. The first-order valence-corrected chi connectivity index (χ1v) is 8.38. The van der Waals surface area contributed by atoms with E-state index >= 15 is 0 Å². The highest BCUT2D eigenvalue weighted by molar-refractivity contribution is 7.90. The first-order valence-electron chi connectivity index (χ1n) is 6.06. The van der Waals surface area contributed by atoms with Crippen LogP contribution in [0, 0.1) is 0 Å². The average Bonchev–Trinajstić information content (AvgIpc) is 2.38. The van der Waals surface area contributed by atoms with E-state index < -0.39 is 9.84 Å². The first-order chi connectivity index (χ1) is 9.34. The fourth-order valence-electron chi connectivity index (χ4n) is 1.56. The molecule has 0 spiro atoms. The minimum Gasteiger partial charge on any atom is -0.383 e. The maximum atomic E-state index is 11.8. The Labute approximate surface area is 124 Å². The largest absolute Gasteiger partial charge is 0.383 e. The summed E-state index contributed by atoms with van der Waals surface area (Å²) in [5.41, 5.74) is 0.412. The van der Waals surface area contributed by atoms with Gasteiger partial charge in [-0.2, -0.15) is 0 Å². The molecule has 0 aliphatic carbocycles. The van der Waals surface area contributed by atoms with Gasteiger partial charge in [-0.25, -0.2) is 8.42 Å². The van der Waals surface area contributed by atoms with Crippen LogP contribution in [0.2, 0.25) is 0 Å². The smallest absolute Gasteiger partial charge is 0.251 e. The van der Waals surface area contributed by atoms with Gasteiger partial charge < -0.3 is 10.1 Å². The number of hydrogen-bond acceptors (Lipinski definition) is 4. The maximum absolute atomic E-state index is 11.8. The molecule has 1 N–H and O–H groups in total. The second-order valence-electron chi connectivity index (χ2n) is 4.39. The molecule has 20 heavy (non-hydrogen) atoms. The Kier molecular flexibility index (Phi) is 6.45. The van der Waals surface area contributed by atoms with Crippen LogP contribution in [0.25, 0.3) is 0 Å². The molecule has 5 nitrogen and oxygen atoms in total. The Balaban J connectivity index is 2.52. The average molecular weight is 320 g/mol. The lowest BCUT2D eigenvalue weighted by molar-refractivity contribution is 0.0951. The van der Waals surface area contributed by atoms with Gasteiger partial charge >= 0.3 is 0 Å². The maximum Gasteiger partial charge on any atom is 0.251 e. The van der Waals surface area contributed by atoms with Crippen molar-refractivity contribution in [1.82, 2.24) is 5.32 Å². The molecule has 1 unspecified atom stereocenters. The predicted molar refractivity (Wildman–Crippen MR) is 78.0 cm³/mol. The Hall–Kier alpha value is -1.11. The molecule has 0 saturated heterocycles. The number of hydrogen-bond donors (Lipinski definition) is 1. The van der Waals surface area contributed by atoms with Crippen molar-refractivity contribution >= 4 is 27.3 Å². The zero-order chi connectivity index (χ0) is 15.2. The summed E-state index contributed by atoms with van der Waals surface area (Å²) in [4.78, 5) is 12.0. The van der Waals surface area contributed by atoms with Gasteiger partial charge in [-0.3, -0.25) is 4.79 Å². The van der Waals surface area contributed by atoms with Gasteiger partial charge in [0, 0.05) is 25.5 Å². The van der Waals surface area contributed by atoms with E-state index in [1.165, 1.54) is 24.3 Å². The van der Waals surface area contributed by atoms with Crippen molar-refractivity contribution in [2.45, 2.75) is 16.7 Å². The summed E-state index contributed by atoms with van der Waals surface area (Å²) in [7, 11) is -1.68. The molecule has 0 bridgehead atoms. The summed E-state index contributed by atoms with van der Waals surface area (Å²) in [6, 6.07) is 5.80. The number of sulfone groups is 1. The molecule has 0 heterocycles. The van der Waals surface area contributed by atoms with Gasteiger partial charge in [0.05, 0.1) is 16.9 Å². The molecule has 0 aliphatic heterocycles. The molecule has 7 heteroatoms. The van der Waals surface area contributed by atoms with Gasteiger partial charge in [-0.15, -0.1) is 11.6 Å². The van der Waals surface area contributed by atoms with Crippen LogP contribution in [0.3, 0.4) is 0 Å². The highest BCUT2D eigenvalue weighted by Gasteiger charge is 2.10. The van der Waals surface area contributed by atoms with Crippen LogP contribution in [0.15, 0.2) is 29.2 Å². The summed E-state index contributed by atoms with van der Waals surface area (Å²) in [6.45, 7) is 0.866. The number of alkyl halides is 1. The van der Waals surface area contributed by atoms with Gasteiger partial charge in [0.1, 0.15) is 0 Å². The van der Waals surface area contributed by atoms with Crippen molar-refractivity contribution in [3.05, 3.63) is 29.8 Å². The third kappa shape index (κ3) is 5.48. The Morgan fingerprint density at radius 2 is 1.95 bits per heavy atom. The molecular formula is C13H18ClNO4S. The molecule has 1 rings (SSSR count). The predicted octanol–water partition coefficient (Wildman–Crippen LogP) is 1.46. The number of ether oxygens (including phenoxy) is 1. The van der Waals surface area contributed by atoms with Crippen molar-refractivity contribution in [3.8, 4) is 0 Å². The highest BCUT2D eigenvalue weighted by Crippen LogP contribution is 2.10. The minimum atomic E-state index is -3.24. The molecule has 0 aliphatic rings. The monoisotopic (exact) mass is 319 g/mol. The van der Waals surface area contributed by atoms with Crippen LogP contribution in [-0.4, -0.2) is 46.2 Å². The van der Waals surface area contributed by atoms with Crippen molar-refractivity contribution in [3.63, 3.8) is 0 Å². The molecule has 1 atom stereocenters. The highest BCUT2D eigenvalue weighted by atomic mass is 35.5. The van der Waals surface area contributed by atoms with Crippen molar-refractivity contribution < 1.29 is 17.9 Å². The van der Waals surface area contributed by atoms with E-state index in [1.54, 1.807) is 7.11 Å². The van der Waals surface area contributed by atoms with E-state index in [-0.39, 0.29) is 16.2 Å². The lowest BCUT2D eigenvalue weighted by atomic mass is 10.2. The molecule has 1 amide bonds. The summed E-state index contributed by atoms with van der Waals surface area (Å²) >= 11 is 5.94. The fourth-order valence-corrected chi connectivity index (χ4v) is 2.43. The van der Waals surface area contributed by atoms with Crippen molar-refractivity contribution in [2.75, 3.05) is 26.5 Å². The lowest BCUT2D eigenvalue weighted by Crippen LogP contribution is -2.27. The number of methoxy groups -OCH3 is 1. The number of rotatable bonds is 7. The number of benzene rings is 1. The molecular weight excluding hydrogens is 302 g/mol. The topological polar surface area (TPSA) is 72.5 Å². The SMILES string of the molecule is COCC(Cl)CCNC(=O)c1ccc(S(C)(=O)=O)cc1. The Morgan fingerprint density at radius 1 is 1.35 bits per heavy atom. The second-order valence-corrected chi connectivity index (χ2v) is 7.03. The third-order valence-electron chi connectivity index (χ3n) is 2.64. The van der Waals surface area contributed by atoms with Crippen LogP contribution in [0.5, 0.6) is 0 Å². The second kappa shape index (κ2) is 7.61. The number of amides is 1. The summed E-state index contributed by atoms with van der Waals surface area (Å²) in [5.74, 6) is -0.258. The van der Waals surface area contributed by atoms with E-state index in [2.05, 4.69) is 5.32 Å². The molecule has 0 saturated carbocycles. The van der Waals surface area contributed by atoms with E-state index in [0.717, 1.165) is 6.26 Å². The molecule has 1 aromatic carbocycles. The summed E-state index contributed by atoms with van der Waals surface area (Å²) < 4.78 is 27.5. The van der Waals surface area contributed by atoms with E-state index in [1.807, 2.05) is 0 Å². The lowest BCUT2D eigenvalue weighted by Gasteiger charge is -2.09. The van der Waals surface area contributed by atoms with Crippen LogP contribution in [0.4, 0.5) is 0 Å². The zero-order valence-electron chi connectivity index (χ0n) is 11.4. The Morgan fingerprint density at radius 3 is 2.45 bits per heavy atom. The van der Waals surface area contributed by atoms with Gasteiger partial charge in [0.2, 0.25) is 0 Å². The molecule has 0 fully saturated rings. The third-order valence-corrected chi connectivity index (χ3v) is 4.11. The van der Waals surface area contributed by atoms with Crippen LogP contribution in [-0.2, 0) is 14.6 Å². The van der Waals surface area contributed by atoms with Gasteiger partial charge in [0.25, 0.3) is 5.91 Å². The number of carbonyl (C=O) groups is 1. The fraction of sp³-hybridized carbons (Fsp3) is 0.462. The van der Waals surface area contributed by atoms with Gasteiger partial charge in [-0.05, 0) is 30.7 Å². The summed E-state index contributed by atoms with van der Waals surface area (Å²) in [6.07, 6.45) is 1.72. The van der Waals surface area contributed by atoms with E-state index in [9.17, 15) is 13.2 Å². The molecule has 0 radical (unpaired) electrons. The first kappa shape index (κ1) is 16.9. The van der Waals surface area contributed by atoms with E-state index in [0.29, 0.717) is 25.1 Å². The van der Waals surface area contributed by atoms with Crippen LogP contribution in [0.1, 0.15) is 16.8 Å². The van der Waals surface area contributed by atoms with Gasteiger partial charge in [-0.1, -0.05) is 0 Å². The van der Waals surface area contributed by atoms with E-state index in [4.69, 9.17) is 16.3 Å². The molecule has 112 valence electrons. The van der Waals surface area contributed by atoms with Crippen molar-refractivity contribution in [2.24, 2.45) is 0 Å². The molecule has 1 aromatic rings. The zero-order valence-corrected chi connectivity index (χ0v) is 13.0. The standard InChI is InChI=1S/C13H18ClNO4S/c1-19-9-11(14)7-8-15-13(16)10-3-5-12(6-4-10)20(2,17)18/h3-6,11H,7-9H2,1-2H3,(H,15,16). The normalized spacial score (nSPS) is 12.9. The quantitative estimate of drug-likeness (QED) is 0.772. The summed E-state index contributed by atoms with van der Waals surface area (Å²) in [5, 5.41) is 2.57. The molecule has 0 aromatic heterocycles. The Bertz CT molecular complexity index is 542. The number of halogens is 1. The van der Waals surface area contributed by atoms with Crippen LogP contribution < -0.4 is 5.32 Å².